The summed E-state index contributed by atoms with van der Waals surface area (Å²) in [5, 5.41) is 9.93. The first-order chi connectivity index (χ1) is 10.0. The van der Waals surface area contributed by atoms with Crippen LogP contribution in [0.2, 0.25) is 0 Å². The smallest absolute Gasteiger partial charge is 0.329 e. The van der Waals surface area contributed by atoms with Crippen molar-refractivity contribution in [2.24, 2.45) is 0 Å². The van der Waals surface area contributed by atoms with Crippen LogP contribution in [0.4, 0.5) is 11.8 Å². The standard InChI is InChI=1S/C11H12N6O3S/c1-7-14-15-11(20-7)16-21(18,19)10-9(12-2)13-8-5-3-4-6-17(8)10/h3-6,12H,1-2H3,(H,15,16). The second-order valence-electron chi connectivity index (χ2n) is 4.18. The van der Waals surface area contributed by atoms with Gasteiger partial charge < -0.3 is 9.73 Å². The van der Waals surface area contributed by atoms with Gasteiger partial charge in [0.2, 0.25) is 10.9 Å². The van der Waals surface area contributed by atoms with E-state index < -0.39 is 10.0 Å². The average Bonchev–Trinajstić information content (AvgIpc) is 3.01. The summed E-state index contributed by atoms with van der Waals surface area (Å²) in [7, 11) is -2.34. The number of imidazole rings is 1. The van der Waals surface area contributed by atoms with Crippen LogP contribution >= 0.6 is 0 Å². The Bertz CT molecular complexity index is 898. The van der Waals surface area contributed by atoms with Crippen molar-refractivity contribution >= 4 is 27.5 Å². The molecule has 0 amide bonds. The van der Waals surface area contributed by atoms with Gasteiger partial charge in [0.25, 0.3) is 10.0 Å². The third-order valence-corrected chi connectivity index (χ3v) is 4.07. The van der Waals surface area contributed by atoms with Gasteiger partial charge in [0, 0.05) is 20.2 Å². The van der Waals surface area contributed by atoms with E-state index in [0.717, 1.165) is 0 Å². The zero-order chi connectivity index (χ0) is 15.0. The topological polar surface area (TPSA) is 114 Å². The molecule has 0 bridgehead atoms. The van der Waals surface area contributed by atoms with Crippen molar-refractivity contribution in [1.82, 2.24) is 19.6 Å². The molecule has 0 spiro atoms. The SMILES string of the molecule is CNc1nc2ccccn2c1S(=O)(=O)Nc1nnc(C)o1. The summed E-state index contributed by atoms with van der Waals surface area (Å²) in [6, 6.07) is 4.99. The van der Waals surface area contributed by atoms with Crippen LogP contribution in [0.5, 0.6) is 0 Å². The number of aryl methyl sites for hydroxylation is 1. The average molecular weight is 308 g/mol. The normalized spacial score (nSPS) is 11.7. The van der Waals surface area contributed by atoms with Crippen LogP contribution in [0.15, 0.2) is 33.8 Å². The first-order valence-electron chi connectivity index (χ1n) is 5.99. The molecule has 0 aliphatic carbocycles. The molecule has 3 rings (SSSR count). The molecule has 3 heterocycles. The van der Waals surface area contributed by atoms with E-state index in [1.54, 1.807) is 38.4 Å². The maximum atomic E-state index is 12.5. The van der Waals surface area contributed by atoms with Crippen LogP contribution in [0.25, 0.3) is 5.65 Å². The number of sulfonamides is 1. The third kappa shape index (κ3) is 2.29. The fourth-order valence-electron chi connectivity index (χ4n) is 1.89. The number of nitrogens with one attached hydrogen (secondary N) is 2. The quantitative estimate of drug-likeness (QED) is 0.734. The Labute approximate surface area is 120 Å². The van der Waals surface area contributed by atoms with E-state index in [2.05, 4.69) is 25.2 Å². The molecule has 9 nitrogen and oxygen atoms in total. The van der Waals surface area contributed by atoms with E-state index in [-0.39, 0.29) is 22.7 Å². The predicted octanol–water partition coefficient (Wildman–Crippen LogP) is 0.868. The minimum absolute atomic E-state index is 0.0311. The van der Waals surface area contributed by atoms with E-state index in [1.165, 1.54) is 4.40 Å². The summed E-state index contributed by atoms with van der Waals surface area (Å²) in [6.07, 6.45) is 1.61. The van der Waals surface area contributed by atoms with Crippen LogP contribution in [0.1, 0.15) is 5.89 Å². The number of rotatable bonds is 4. The molecule has 0 saturated carbocycles. The lowest BCUT2D eigenvalue weighted by Gasteiger charge is -2.05. The van der Waals surface area contributed by atoms with Gasteiger partial charge in [-0.15, -0.1) is 5.10 Å². The first kappa shape index (κ1) is 13.4. The van der Waals surface area contributed by atoms with E-state index >= 15 is 0 Å². The molecular weight excluding hydrogens is 296 g/mol. The fourth-order valence-corrected chi connectivity index (χ4v) is 3.12. The summed E-state index contributed by atoms with van der Waals surface area (Å²) in [4.78, 5) is 4.21. The Balaban J connectivity index is 2.13. The van der Waals surface area contributed by atoms with Crippen LogP contribution in [-0.4, -0.2) is 35.0 Å². The maximum absolute atomic E-state index is 12.5. The molecule has 3 aromatic rings. The van der Waals surface area contributed by atoms with Gasteiger partial charge in [-0.05, 0) is 12.1 Å². The highest BCUT2D eigenvalue weighted by Crippen LogP contribution is 2.24. The highest BCUT2D eigenvalue weighted by Gasteiger charge is 2.26. The van der Waals surface area contributed by atoms with Gasteiger partial charge in [0.15, 0.2) is 5.82 Å². The molecule has 10 heteroatoms. The molecule has 0 atom stereocenters. The summed E-state index contributed by atoms with van der Waals surface area (Å²) >= 11 is 0. The molecule has 21 heavy (non-hydrogen) atoms. The van der Waals surface area contributed by atoms with Crippen LogP contribution in [0.3, 0.4) is 0 Å². The van der Waals surface area contributed by atoms with Crippen LogP contribution < -0.4 is 10.0 Å². The van der Waals surface area contributed by atoms with Gasteiger partial charge in [-0.3, -0.25) is 4.40 Å². The number of fused-ring (bicyclic) bond motifs is 1. The number of hydrogen-bond donors (Lipinski definition) is 2. The lowest BCUT2D eigenvalue weighted by atomic mass is 10.5. The van der Waals surface area contributed by atoms with Crippen LogP contribution in [-0.2, 0) is 10.0 Å². The molecule has 2 N–H and O–H groups in total. The molecular formula is C11H12N6O3S. The molecule has 0 aliphatic rings. The number of hydrogen-bond acceptors (Lipinski definition) is 7. The van der Waals surface area contributed by atoms with Gasteiger partial charge in [0.1, 0.15) is 5.65 Å². The highest BCUT2D eigenvalue weighted by atomic mass is 32.2. The Kier molecular flexibility index (Phi) is 3.01. The minimum atomic E-state index is -3.93. The molecule has 0 unspecified atom stereocenters. The highest BCUT2D eigenvalue weighted by molar-refractivity contribution is 7.92. The Hall–Kier alpha value is -2.62. The molecule has 0 aliphatic heterocycles. The van der Waals surface area contributed by atoms with Crippen molar-refractivity contribution in [3.8, 4) is 0 Å². The molecule has 0 fully saturated rings. The third-order valence-electron chi connectivity index (χ3n) is 2.73. The molecule has 3 aromatic heterocycles. The van der Waals surface area contributed by atoms with Gasteiger partial charge in [-0.25, -0.2) is 9.71 Å². The summed E-state index contributed by atoms with van der Waals surface area (Å²) < 4.78 is 33.8. The van der Waals surface area contributed by atoms with Gasteiger partial charge in [0.05, 0.1) is 0 Å². The summed E-state index contributed by atoms with van der Waals surface area (Å²) in [5.74, 6) is 0.490. The van der Waals surface area contributed by atoms with E-state index in [9.17, 15) is 8.42 Å². The van der Waals surface area contributed by atoms with E-state index in [1.807, 2.05) is 0 Å². The maximum Gasteiger partial charge on any atom is 0.329 e. The summed E-state index contributed by atoms with van der Waals surface area (Å²) in [5.41, 5.74) is 0.504. The van der Waals surface area contributed by atoms with Crippen molar-refractivity contribution in [1.29, 1.82) is 0 Å². The Morgan fingerprint density at radius 1 is 1.29 bits per heavy atom. The first-order valence-corrected chi connectivity index (χ1v) is 7.47. The predicted molar refractivity (Wildman–Crippen MR) is 74.6 cm³/mol. The summed E-state index contributed by atoms with van der Waals surface area (Å²) in [6.45, 7) is 1.57. The lowest BCUT2D eigenvalue weighted by molar-refractivity contribution is 0.534. The molecule has 0 aromatic carbocycles. The molecule has 110 valence electrons. The molecule has 0 saturated heterocycles. The number of aromatic nitrogens is 4. The lowest BCUT2D eigenvalue weighted by Crippen LogP contribution is -2.16. The Morgan fingerprint density at radius 3 is 2.76 bits per heavy atom. The van der Waals surface area contributed by atoms with Gasteiger partial charge >= 0.3 is 6.01 Å². The number of nitrogens with zero attached hydrogens (tertiary/aromatic N) is 4. The number of pyridine rings is 1. The minimum Gasteiger partial charge on any atom is -0.408 e. The van der Waals surface area contributed by atoms with E-state index in [4.69, 9.17) is 4.42 Å². The zero-order valence-electron chi connectivity index (χ0n) is 11.2. The molecule has 0 radical (unpaired) electrons. The fraction of sp³-hybridized carbons (Fsp3) is 0.182. The van der Waals surface area contributed by atoms with Crippen molar-refractivity contribution in [2.45, 2.75) is 11.9 Å². The van der Waals surface area contributed by atoms with Crippen molar-refractivity contribution < 1.29 is 12.8 Å². The van der Waals surface area contributed by atoms with E-state index in [0.29, 0.717) is 5.65 Å². The second-order valence-corrected chi connectivity index (χ2v) is 5.77. The van der Waals surface area contributed by atoms with Crippen molar-refractivity contribution in [2.75, 3.05) is 17.1 Å². The zero-order valence-corrected chi connectivity index (χ0v) is 12.0. The van der Waals surface area contributed by atoms with Crippen molar-refractivity contribution in [3.05, 3.63) is 30.3 Å². The largest absolute Gasteiger partial charge is 0.408 e. The monoisotopic (exact) mass is 308 g/mol. The van der Waals surface area contributed by atoms with Crippen LogP contribution in [0, 0.1) is 6.92 Å². The number of anilines is 2. The van der Waals surface area contributed by atoms with Gasteiger partial charge in [-0.1, -0.05) is 11.2 Å². The second kappa shape index (κ2) is 4.74. The van der Waals surface area contributed by atoms with Crippen molar-refractivity contribution in [3.63, 3.8) is 0 Å². The Morgan fingerprint density at radius 2 is 2.10 bits per heavy atom. The van der Waals surface area contributed by atoms with Gasteiger partial charge in [-0.2, -0.15) is 8.42 Å².